The Labute approximate surface area is 111 Å². The number of sulfone groups is 1. The van der Waals surface area contributed by atoms with Crippen molar-refractivity contribution in [3.63, 3.8) is 0 Å². The predicted molar refractivity (Wildman–Crippen MR) is 75.6 cm³/mol. The van der Waals surface area contributed by atoms with Crippen LogP contribution in [0.2, 0.25) is 0 Å². The zero-order chi connectivity index (χ0) is 13.6. The van der Waals surface area contributed by atoms with Crippen molar-refractivity contribution < 1.29 is 8.42 Å². The lowest BCUT2D eigenvalue weighted by Gasteiger charge is -2.10. The van der Waals surface area contributed by atoms with Gasteiger partial charge in [-0.25, -0.2) is 8.42 Å². The summed E-state index contributed by atoms with van der Waals surface area (Å²) in [4.78, 5) is 0.478. The molecule has 1 aromatic carbocycles. The average Bonchev–Trinajstić information content (AvgIpc) is 2.34. The lowest BCUT2D eigenvalue weighted by Crippen LogP contribution is -2.21. The molecular formula is C14H23NO2S. The molecule has 18 heavy (non-hydrogen) atoms. The highest BCUT2D eigenvalue weighted by molar-refractivity contribution is 7.91. The van der Waals surface area contributed by atoms with E-state index in [9.17, 15) is 8.42 Å². The molecule has 1 rings (SSSR count). The standard InChI is InChI=1S/C14H23NO2S/c1-12-8-4-5-10-14(12)18(16,17)11-7-6-9-13(2)15-3/h4-5,8,10,13,15H,6-7,9,11H2,1-3H3. The van der Waals surface area contributed by atoms with Gasteiger partial charge in [-0.1, -0.05) is 24.6 Å². The Kier molecular flexibility index (Phi) is 5.82. The third-order valence-corrected chi connectivity index (χ3v) is 5.18. The second kappa shape index (κ2) is 6.90. The van der Waals surface area contributed by atoms with E-state index in [1.807, 2.05) is 26.1 Å². The SMILES string of the molecule is CNC(C)CCCCS(=O)(=O)c1ccccc1C. The van der Waals surface area contributed by atoms with Crippen LogP contribution in [0, 0.1) is 6.92 Å². The Morgan fingerprint density at radius 1 is 1.22 bits per heavy atom. The molecule has 0 radical (unpaired) electrons. The second-order valence-electron chi connectivity index (χ2n) is 4.77. The summed E-state index contributed by atoms with van der Waals surface area (Å²) in [5.74, 6) is 0.244. The maximum absolute atomic E-state index is 12.2. The fraction of sp³-hybridized carbons (Fsp3) is 0.571. The second-order valence-corrected chi connectivity index (χ2v) is 6.85. The zero-order valence-corrected chi connectivity index (χ0v) is 12.3. The van der Waals surface area contributed by atoms with Gasteiger partial charge in [-0.15, -0.1) is 0 Å². The van der Waals surface area contributed by atoms with Crippen molar-refractivity contribution in [3.05, 3.63) is 29.8 Å². The van der Waals surface area contributed by atoms with Crippen molar-refractivity contribution in [1.29, 1.82) is 0 Å². The van der Waals surface area contributed by atoms with Crippen molar-refractivity contribution in [2.24, 2.45) is 0 Å². The summed E-state index contributed by atoms with van der Waals surface area (Å²) < 4.78 is 24.3. The highest BCUT2D eigenvalue weighted by Crippen LogP contribution is 2.17. The van der Waals surface area contributed by atoms with E-state index in [-0.39, 0.29) is 5.75 Å². The maximum Gasteiger partial charge on any atom is 0.178 e. The zero-order valence-electron chi connectivity index (χ0n) is 11.4. The molecule has 0 heterocycles. The molecule has 0 fully saturated rings. The largest absolute Gasteiger partial charge is 0.317 e. The summed E-state index contributed by atoms with van der Waals surface area (Å²) in [6.45, 7) is 3.95. The third-order valence-electron chi connectivity index (χ3n) is 3.22. The molecular weight excluding hydrogens is 246 g/mol. The van der Waals surface area contributed by atoms with E-state index in [1.165, 1.54) is 0 Å². The van der Waals surface area contributed by atoms with Crippen molar-refractivity contribution in [2.75, 3.05) is 12.8 Å². The molecule has 0 bridgehead atoms. The lowest BCUT2D eigenvalue weighted by molar-refractivity contribution is 0.533. The van der Waals surface area contributed by atoms with Crippen LogP contribution in [-0.2, 0) is 9.84 Å². The Morgan fingerprint density at radius 3 is 2.50 bits per heavy atom. The molecule has 102 valence electrons. The summed E-state index contributed by atoms with van der Waals surface area (Å²) >= 11 is 0. The Balaban J connectivity index is 2.54. The molecule has 0 aromatic heterocycles. The fourth-order valence-corrected chi connectivity index (χ4v) is 3.55. The number of hydrogen-bond donors (Lipinski definition) is 1. The van der Waals surface area contributed by atoms with Gasteiger partial charge >= 0.3 is 0 Å². The molecule has 0 aliphatic rings. The van der Waals surface area contributed by atoms with Gasteiger partial charge in [0.05, 0.1) is 10.6 Å². The number of nitrogens with one attached hydrogen (secondary N) is 1. The number of aryl methyl sites for hydroxylation is 1. The molecule has 3 nitrogen and oxygen atoms in total. The van der Waals surface area contributed by atoms with E-state index in [0.29, 0.717) is 10.9 Å². The first-order valence-electron chi connectivity index (χ1n) is 6.43. The molecule has 1 N–H and O–H groups in total. The molecule has 1 atom stereocenters. The summed E-state index contributed by atoms with van der Waals surface area (Å²) in [5, 5.41) is 3.15. The molecule has 1 unspecified atom stereocenters. The average molecular weight is 269 g/mol. The topological polar surface area (TPSA) is 46.2 Å². The fourth-order valence-electron chi connectivity index (χ4n) is 1.90. The van der Waals surface area contributed by atoms with Crippen molar-refractivity contribution >= 4 is 9.84 Å². The quantitative estimate of drug-likeness (QED) is 0.774. The predicted octanol–water partition coefficient (Wildman–Crippen LogP) is 2.55. The van der Waals surface area contributed by atoms with E-state index in [1.54, 1.807) is 12.1 Å². The number of rotatable bonds is 7. The molecule has 0 saturated heterocycles. The van der Waals surface area contributed by atoms with Gasteiger partial charge in [0.2, 0.25) is 0 Å². The van der Waals surface area contributed by atoms with Gasteiger partial charge in [0, 0.05) is 6.04 Å². The van der Waals surface area contributed by atoms with Crippen LogP contribution in [0.1, 0.15) is 31.7 Å². The number of hydrogen-bond acceptors (Lipinski definition) is 3. The first kappa shape index (κ1) is 15.2. The van der Waals surface area contributed by atoms with Gasteiger partial charge in [-0.2, -0.15) is 0 Å². The summed E-state index contributed by atoms with van der Waals surface area (Å²) in [6.07, 6.45) is 2.68. The van der Waals surface area contributed by atoms with Crippen LogP contribution in [0.5, 0.6) is 0 Å². The summed E-state index contributed by atoms with van der Waals surface area (Å²) in [6, 6.07) is 7.63. The Bertz CT molecular complexity index is 468. The van der Waals surface area contributed by atoms with E-state index in [0.717, 1.165) is 24.8 Å². The number of unbranched alkanes of at least 4 members (excludes halogenated alkanes) is 1. The molecule has 0 spiro atoms. The van der Waals surface area contributed by atoms with Gasteiger partial charge in [-0.05, 0) is 45.4 Å². The van der Waals surface area contributed by atoms with Crippen molar-refractivity contribution in [1.82, 2.24) is 5.32 Å². The Hall–Kier alpha value is -0.870. The van der Waals surface area contributed by atoms with Crippen LogP contribution >= 0.6 is 0 Å². The van der Waals surface area contributed by atoms with Crippen LogP contribution in [-0.4, -0.2) is 27.3 Å². The molecule has 0 aliphatic carbocycles. The monoisotopic (exact) mass is 269 g/mol. The normalized spacial score (nSPS) is 13.5. The van der Waals surface area contributed by atoms with E-state index in [2.05, 4.69) is 12.2 Å². The van der Waals surface area contributed by atoms with Gasteiger partial charge in [0.25, 0.3) is 0 Å². The van der Waals surface area contributed by atoms with E-state index in [4.69, 9.17) is 0 Å². The van der Waals surface area contributed by atoms with Gasteiger partial charge in [0.1, 0.15) is 0 Å². The number of benzene rings is 1. The maximum atomic E-state index is 12.2. The van der Waals surface area contributed by atoms with Crippen LogP contribution in [0.4, 0.5) is 0 Å². The molecule has 0 saturated carbocycles. The first-order valence-corrected chi connectivity index (χ1v) is 8.08. The van der Waals surface area contributed by atoms with Crippen LogP contribution < -0.4 is 5.32 Å². The molecule has 0 aliphatic heterocycles. The van der Waals surface area contributed by atoms with Crippen LogP contribution in [0.15, 0.2) is 29.2 Å². The summed E-state index contributed by atoms with van der Waals surface area (Å²) in [5.41, 5.74) is 0.834. The van der Waals surface area contributed by atoms with E-state index < -0.39 is 9.84 Å². The lowest BCUT2D eigenvalue weighted by atomic mass is 10.1. The Morgan fingerprint density at radius 2 is 1.89 bits per heavy atom. The van der Waals surface area contributed by atoms with Crippen LogP contribution in [0.25, 0.3) is 0 Å². The van der Waals surface area contributed by atoms with Crippen LogP contribution in [0.3, 0.4) is 0 Å². The minimum absolute atomic E-state index is 0.244. The molecule has 4 heteroatoms. The molecule has 0 amide bonds. The van der Waals surface area contributed by atoms with Gasteiger partial charge < -0.3 is 5.32 Å². The summed E-state index contributed by atoms with van der Waals surface area (Å²) in [7, 11) is -1.19. The molecule has 1 aromatic rings. The highest BCUT2D eigenvalue weighted by atomic mass is 32.2. The van der Waals surface area contributed by atoms with Gasteiger partial charge in [0.15, 0.2) is 9.84 Å². The minimum atomic E-state index is -3.12. The van der Waals surface area contributed by atoms with E-state index >= 15 is 0 Å². The van der Waals surface area contributed by atoms with Gasteiger partial charge in [-0.3, -0.25) is 0 Å². The van der Waals surface area contributed by atoms with Crippen molar-refractivity contribution in [3.8, 4) is 0 Å². The first-order chi connectivity index (χ1) is 8.47. The van der Waals surface area contributed by atoms with Crippen molar-refractivity contribution in [2.45, 2.75) is 44.0 Å². The minimum Gasteiger partial charge on any atom is -0.317 e. The third kappa shape index (κ3) is 4.42. The smallest absolute Gasteiger partial charge is 0.178 e. The highest BCUT2D eigenvalue weighted by Gasteiger charge is 2.15.